The van der Waals surface area contributed by atoms with Gasteiger partial charge in [-0.1, -0.05) is 0 Å². The van der Waals surface area contributed by atoms with Crippen LogP contribution in [0.2, 0.25) is 0 Å². The van der Waals surface area contributed by atoms with E-state index in [9.17, 15) is 0 Å². The van der Waals surface area contributed by atoms with Gasteiger partial charge in [0, 0.05) is 18.7 Å². The molecule has 1 aromatic carbocycles. The molecule has 0 radical (unpaired) electrons. The van der Waals surface area contributed by atoms with Gasteiger partial charge >= 0.3 is 0 Å². The molecule has 4 heteroatoms. The predicted octanol–water partition coefficient (Wildman–Crippen LogP) is 2.57. The summed E-state index contributed by atoms with van der Waals surface area (Å²) < 4.78 is 15.7. The van der Waals surface area contributed by atoms with Crippen LogP contribution >= 0.6 is 0 Å². The first-order valence-corrected chi connectivity index (χ1v) is 5.48. The number of allylic oxidation sites excluding steroid dienone is 1. The lowest BCUT2D eigenvalue weighted by Gasteiger charge is -2.13. The first kappa shape index (κ1) is 14.1. The van der Waals surface area contributed by atoms with Crippen LogP contribution in [0.3, 0.4) is 0 Å². The van der Waals surface area contributed by atoms with Crippen LogP contribution in [0.5, 0.6) is 11.5 Å². The minimum atomic E-state index is 0.364. The zero-order chi connectivity index (χ0) is 13.5. The second kappa shape index (κ2) is 6.67. The Labute approximate surface area is 107 Å². The molecule has 0 aromatic heterocycles. The Morgan fingerprint density at radius 3 is 2.17 bits per heavy atom. The van der Waals surface area contributed by atoms with Crippen LogP contribution in [-0.2, 0) is 4.74 Å². The minimum Gasteiger partial charge on any atom is -0.496 e. The Morgan fingerprint density at radius 2 is 1.78 bits per heavy atom. The van der Waals surface area contributed by atoms with Gasteiger partial charge in [-0.15, -0.1) is 0 Å². The van der Waals surface area contributed by atoms with E-state index < -0.39 is 0 Å². The Morgan fingerprint density at radius 1 is 1.22 bits per heavy atom. The highest BCUT2D eigenvalue weighted by Crippen LogP contribution is 2.32. The highest BCUT2D eigenvalue weighted by atomic mass is 16.5. The number of nitrogens with zero attached hydrogens (tertiary/aromatic N) is 1. The third kappa shape index (κ3) is 3.02. The van der Waals surface area contributed by atoms with Crippen molar-refractivity contribution in [3.05, 3.63) is 29.3 Å². The quantitative estimate of drug-likeness (QED) is 0.750. The van der Waals surface area contributed by atoms with Gasteiger partial charge in [0.15, 0.2) is 0 Å². The highest BCUT2D eigenvalue weighted by molar-refractivity contribution is 5.71. The number of hydrogen-bond donors (Lipinski definition) is 0. The molecule has 4 nitrogen and oxygen atoms in total. The van der Waals surface area contributed by atoms with Crippen molar-refractivity contribution in [2.75, 3.05) is 27.9 Å². The molecule has 0 aliphatic carbocycles. The van der Waals surface area contributed by atoms with E-state index in [0.29, 0.717) is 6.61 Å². The van der Waals surface area contributed by atoms with Crippen LogP contribution < -0.4 is 9.47 Å². The van der Waals surface area contributed by atoms with Gasteiger partial charge in [0.25, 0.3) is 0 Å². The molecule has 0 saturated carbocycles. The molecular weight excluding hydrogens is 230 g/mol. The molecule has 0 atom stereocenters. The van der Waals surface area contributed by atoms with E-state index in [2.05, 4.69) is 0 Å². The van der Waals surface area contributed by atoms with Crippen molar-refractivity contribution in [1.82, 2.24) is 0 Å². The maximum atomic E-state index is 8.79. The van der Waals surface area contributed by atoms with Crippen molar-refractivity contribution in [1.29, 1.82) is 5.26 Å². The first-order chi connectivity index (χ1) is 8.67. The molecule has 1 aromatic rings. The maximum absolute atomic E-state index is 8.79. The summed E-state index contributed by atoms with van der Waals surface area (Å²) in [6.07, 6.45) is 1.47. The molecule has 0 bridgehead atoms. The lowest BCUT2D eigenvalue weighted by atomic mass is 10.0. The number of benzene rings is 1. The van der Waals surface area contributed by atoms with Gasteiger partial charge in [0.05, 0.1) is 26.9 Å². The van der Waals surface area contributed by atoms with Crippen LogP contribution in [-0.4, -0.2) is 27.9 Å². The van der Waals surface area contributed by atoms with Crippen molar-refractivity contribution in [2.45, 2.75) is 6.92 Å². The molecule has 96 valence electrons. The summed E-state index contributed by atoms with van der Waals surface area (Å²) >= 11 is 0. The Balaban J connectivity index is 3.32. The molecule has 18 heavy (non-hydrogen) atoms. The topological polar surface area (TPSA) is 51.5 Å². The lowest BCUT2D eigenvalue weighted by Crippen LogP contribution is -1.98. The second-order valence-corrected chi connectivity index (χ2v) is 3.74. The molecule has 0 aliphatic heterocycles. The van der Waals surface area contributed by atoms with E-state index >= 15 is 0 Å². The molecule has 0 spiro atoms. The van der Waals surface area contributed by atoms with Crippen LogP contribution in [0.4, 0.5) is 0 Å². The van der Waals surface area contributed by atoms with Crippen molar-refractivity contribution in [3.8, 4) is 17.6 Å². The van der Waals surface area contributed by atoms with E-state index in [4.69, 9.17) is 19.5 Å². The van der Waals surface area contributed by atoms with Gasteiger partial charge in [0.2, 0.25) is 0 Å². The lowest BCUT2D eigenvalue weighted by molar-refractivity contribution is 0.239. The number of ether oxygens (including phenoxy) is 3. The average molecular weight is 247 g/mol. The van der Waals surface area contributed by atoms with E-state index in [1.165, 1.54) is 6.08 Å². The molecule has 1 rings (SSSR count). The Hall–Kier alpha value is -1.99. The molecule has 0 N–H and O–H groups in total. The zero-order valence-corrected chi connectivity index (χ0v) is 11.1. The summed E-state index contributed by atoms with van der Waals surface area (Å²) in [4.78, 5) is 0. The Bertz CT molecular complexity index is 461. The number of methoxy groups -OCH3 is 3. The average Bonchev–Trinajstić information content (AvgIpc) is 2.39. The molecule has 0 unspecified atom stereocenters. The zero-order valence-electron chi connectivity index (χ0n) is 11.1. The predicted molar refractivity (Wildman–Crippen MR) is 69.7 cm³/mol. The van der Waals surface area contributed by atoms with Gasteiger partial charge in [-0.3, -0.25) is 0 Å². The smallest absolute Gasteiger partial charge is 0.126 e. The van der Waals surface area contributed by atoms with Crippen molar-refractivity contribution >= 4 is 5.57 Å². The van der Waals surface area contributed by atoms with Crippen molar-refractivity contribution in [2.24, 2.45) is 0 Å². The summed E-state index contributed by atoms with van der Waals surface area (Å²) in [6, 6.07) is 5.77. The summed E-state index contributed by atoms with van der Waals surface area (Å²) in [5.41, 5.74) is 2.58. The van der Waals surface area contributed by atoms with Gasteiger partial charge < -0.3 is 14.2 Å². The third-order valence-electron chi connectivity index (χ3n) is 2.66. The Kier molecular flexibility index (Phi) is 5.22. The number of nitriles is 1. The highest BCUT2D eigenvalue weighted by Gasteiger charge is 2.11. The van der Waals surface area contributed by atoms with Crippen LogP contribution in [0, 0.1) is 18.3 Å². The van der Waals surface area contributed by atoms with E-state index in [0.717, 1.165) is 28.2 Å². The molecule has 0 aliphatic rings. The van der Waals surface area contributed by atoms with E-state index in [-0.39, 0.29) is 0 Å². The molecule has 0 fully saturated rings. The fraction of sp³-hybridized carbons (Fsp3) is 0.357. The third-order valence-corrected chi connectivity index (χ3v) is 2.66. The van der Waals surface area contributed by atoms with Gasteiger partial charge in [-0.2, -0.15) is 5.26 Å². The van der Waals surface area contributed by atoms with Crippen LogP contribution in [0.25, 0.3) is 5.57 Å². The SMILES string of the molecule is COCC(=CC#N)c1cc(OC)c(C)c(OC)c1. The maximum Gasteiger partial charge on any atom is 0.126 e. The fourth-order valence-electron chi connectivity index (χ4n) is 1.71. The standard InChI is InChI=1S/C14H17NO3/c1-10-13(17-3)7-12(8-14(10)18-4)11(5-6-15)9-16-2/h5,7-8H,9H2,1-4H3. The normalized spacial score (nSPS) is 10.9. The van der Waals surface area contributed by atoms with Gasteiger partial charge in [0.1, 0.15) is 11.5 Å². The minimum absolute atomic E-state index is 0.364. The van der Waals surface area contributed by atoms with Crippen molar-refractivity contribution < 1.29 is 14.2 Å². The molecule has 0 heterocycles. The fourth-order valence-corrected chi connectivity index (χ4v) is 1.71. The second-order valence-electron chi connectivity index (χ2n) is 3.74. The van der Waals surface area contributed by atoms with E-state index in [1.54, 1.807) is 21.3 Å². The van der Waals surface area contributed by atoms with Crippen LogP contribution in [0.15, 0.2) is 18.2 Å². The summed E-state index contributed by atoms with van der Waals surface area (Å²) in [7, 11) is 4.80. The van der Waals surface area contributed by atoms with Gasteiger partial charge in [-0.05, 0) is 30.2 Å². The summed E-state index contributed by atoms with van der Waals surface area (Å²) in [5.74, 6) is 1.45. The summed E-state index contributed by atoms with van der Waals surface area (Å²) in [5, 5.41) is 8.79. The van der Waals surface area contributed by atoms with Crippen molar-refractivity contribution in [3.63, 3.8) is 0 Å². The number of hydrogen-bond acceptors (Lipinski definition) is 4. The first-order valence-electron chi connectivity index (χ1n) is 5.48. The molecular formula is C14H17NO3. The largest absolute Gasteiger partial charge is 0.496 e. The summed E-state index contributed by atoms with van der Waals surface area (Å²) in [6.45, 7) is 2.29. The van der Waals surface area contributed by atoms with E-state index in [1.807, 2.05) is 25.1 Å². The number of rotatable bonds is 5. The monoisotopic (exact) mass is 247 g/mol. The van der Waals surface area contributed by atoms with Gasteiger partial charge in [-0.25, -0.2) is 0 Å². The molecule has 0 saturated heterocycles. The molecule has 0 amide bonds. The van der Waals surface area contributed by atoms with Crippen LogP contribution in [0.1, 0.15) is 11.1 Å².